The number of sulfone groups is 1. The van der Waals surface area contributed by atoms with Crippen molar-refractivity contribution in [2.24, 2.45) is 0 Å². The molecule has 5 nitrogen and oxygen atoms in total. The molecule has 1 unspecified atom stereocenters. The summed E-state index contributed by atoms with van der Waals surface area (Å²) < 4.78 is 35.3. The third-order valence-electron chi connectivity index (χ3n) is 3.63. The van der Waals surface area contributed by atoms with E-state index in [1.165, 1.54) is 12.1 Å². The highest BCUT2D eigenvalue weighted by atomic mass is 32.2. The maximum Gasteiger partial charge on any atom is 0.221 e. The number of rotatable bonds is 7. The van der Waals surface area contributed by atoms with Crippen molar-refractivity contribution in [1.82, 2.24) is 10.6 Å². The summed E-state index contributed by atoms with van der Waals surface area (Å²) in [7, 11) is -2.96. The molecular formula is C15H21FN2O3S. The SMILES string of the molecule is O=C(CCNCCc1ccc(F)cc1)NC1CCS(=O)(=O)C1. The standard InChI is InChI=1S/C15H21FN2O3S/c16-13-3-1-12(2-4-13)5-8-17-9-6-15(19)18-14-7-10-22(20,21)11-14/h1-4,14,17H,5-11H2,(H,18,19). The smallest absolute Gasteiger partial charge is 0.221 e. The number of carbonyl (C=O) groups is 1. The molecule has 1 aromatic rings. The van der Waals surface area contributed by atoms with Gasteiger partial charge in [-0.25, -0.2) is 12.8 Å². The Kier molecular flexibility index (Phi) is 5.90. The molecule has 0 radical (unpaired) electrons. The van der Waals surface area contributed by atoms with E-state index in [-0.39, 0.29) is 29.3 Å². The normalized spacial score (nSPS) is 20.0. The van der Waals surface area contributed by atoms with Gasteiger partial charge in [0.2, 0.25) is 5.91 Å². The summed E-state index contributed by atoms with van der Waals surface area (Å²) in [4.78, 5) is 11.7. The minimum atomic E-state index is -2.96. The van der Waals surface area contributed by atoms with Crippen LogP contribution in [0.1, 0.15) is 18.4 Å². The second kappa shape index (κ2) is 7.69. The molecule has 0 aliphatic carbocycles. The summed E-state index contributed by atoms with van der Waals surface area (Å²) in [5, 5.41) is 5.90. The average molecular weight is 328 g/mol. The van der Waals surface area contributed by atoms with Crippen molar-refractivity contribution in [3.05, 3.63) is 35.6 Å². The lowest BCUT2D eigenvalue weighted by molar-refractivity contribution is -0.121. The van der Waals surface area contributed by atoms with E-state index in [1.54, 1.807) is 12.1 Å². The molecule has 0 spiro atoms. The molecule has 1 aliphatic heterocycles. The molecule has 122 valence electrons. The molecule has 1 heterocycles. The Bertz CT molecular complexity index is 602. The summed E-state index contributed by atoms with van der Waals surface area (Å²) in [6, 6.07) is 6.10. The first-order valence-corrected chi connectivity index (χ1v) is 9.22. The highest BCUT2D eigenvalue weighted by molar-refractivity contribution is 7.91. The van der Waals surface area contributed by atoms with Gasteiger partial charge in [-0.1, -0.05) is 12.1 Å². The number of nitrogens with one attached hydrogen (secondary N) is 2. The fourth-order valence-electron chi connectivity index (χ4n) is 2.42. The van der Waals surface area contributed by atoms with Crippen molar-refractivity contribution < 1.29 is 17.6 Å². The van der Waals surface area contributed by atoms with Crippen molar-refractivity contribution in [3.63, 3.8) is 0 Å². The molecule has 1 amide bonds. The van der Waals surface area contributed by atoms with E-state index in [0.717, 1.165) is 12.0 Å². The van der Waals surface area contributed by atoms with Crippen LogP contribution in [0.2, 0.25) is 0 Å². The van der Waals surface area contributed by atoms with Gasteiger partial charge in [0.15, 0.2) is 9.84 Å². The molecule has 2 rings (SSSR count). The average Bonchev–Trinajstić information content (AvgIpc) is 2.79. The zero-order valence-corrected chi connectivity index (χ0v) is 13.2. The van der Waals surface area contributed by atoms with Crippen LogP contribution in [0.4, 0.5) is 4.39 Å². The van der Waals surface area contributed by atoms with E-state index in [4.69, 9.17) is 0 Å². The molecule has 1 aliphatic rings. The number of carbonyl (C=O) groups excluding carboxylic acids is 1. The number of amides is 1. The quantitative estimate of drug-likeness (QED) is 0.721. The summed E-state index contributed by atoms with van der Waals surface area (Å²) in [6.45, 7) is 1.24. The van der Waals surface area contributed by atoms with Gasteiger partial charge in [0.1, 0.15) is 5.82 Å². The van der Waals surface area contributed by atoms with E-state index >= 15 is 0 Å². The first kappa shape index (κ1) is 16.9. The Morgan fingerprint density at radius 3 is 2.59 bits per heavy atom. The van der Waals surface area contributed by atoms with Crippen LogP contribution in [0.25, 0.3) is 0 Å². The fourth-order valence-corrected chi connectivity index (χ4v) is 4.09. The van der Waals surface area contributed by atoms with Gasteiger partial charge >= 0.3 is 0 Å². The van der Waals surface area contributed by atoms with Gasteiger partial charge in [0.05, 0.1) is 11.5 Å². The topological polar surface area (TPSA) is 75.3 Å². The molecule has 7 heteroatoms. The Labute approximate surface area is 130 Å². The van der Waals surface area contributed by atoms with Crippen LogP contribution in [-0.2, 0) is 21.1 Å². The lowest BCUT2D eigenvalue weighted by Crippen LogP contribution is -2.37. The second-order valence-corrected chi connectivity index (χ2v) is 7.77. The fraction of sp³-hybridized carbons (Fsp3) is 0.533. The molecule has 1 aromatic carbocycles. The van der Waals surface area contributed by atoms with Crippen molar-refractivity contribution in [3.8, 4) is 0 Å². The predicted molar refractivity (Wildman–Crippen MR) is 82.8 cm³/mol. The van der Waals surface area contributed by atoms with Crippen LogP contribution in [0, 0.1) is 5.82 Å². The molecule has 22 heavy (non-hydrogen) atoms. The van der Waals surface area contributed by atoms with Crippen LogP contribution >= 0.6 is 0 Å². The number of hydrogen-bond acceptors (Lipinski definition) is 4. The predicted octanol–water partition coefficient (Wildman–Crippen LogP) is 0.651. The molecule has 1 saturated heterocycles. The van der Waals surface area contributed by atoms with E-state index in [0.29, 0.717) is 25.9 Å². The Hall–Kier alpha value is -1.47. The molecule has 1 atom stereocenters. The number of benzene rings is 1. The molecule has 1 fully saturated rings. The van der Waals surface area contributed by atoms with Gasteiger partial charge in [-0.2, -0.15) is 0 Å². The number of hydrogen-bond donors (Lipinski definition) is 2. The van der Waals surface area contributed by atoms with E-state index in [1.807, 2.05) is 0 Å². The summed E-state index contributed by atoms with van der Waals surface area (Å²) in [5.74, 6) is -0.163. The molecule has 0 bridgehead atoms. The van der Waals surface area contributed by atoms with Crippen LogP contribution < -0.4 is 10.6 Å². The largest absolute Gasteiger partial charge is 0.352 e. The molecule has 0 aromatic heterocycles. The molecule has 2 N–H and O–H groups in total. The first-order valence-electron chi connectivity index (χ1n) is 7.39. The minimum Gasteiger partial charge on any atom is -0.352 e. The summed E-state index contributed by atoms with van der Waals surface area (Å²) in [5.41, 5.74) is 1.04. The van der Waals surface area contributed by atoms with Crippen molar-refractivity contribution in [1.29, 1.82) is 0 Å². The number of halogens is 1. The van der Waals surface area contributed by atoms with Gasteiger partial charge in [-0.05, 0) is 37.1 Å². The van der Waals surface area contributed by atoms with Gasteiger partial charge in [0, 0.05) is 19.0 Å². The van der Waals surface area contributed by atoms with E-state index in [2.05, 4.69) is 10.6 Å². The monoisotopic (exact) mass is 328 g/mol. The highest BCUT2D eigenvalue weighted by Gasteiger charge is 2.28. The summed E-state index contributed by atoms with van der Waals surface area (Å²) in [6.07, 6.45) is 1.59. The maximum absolute atomic E-state index is 12.7. The zero-order chi connectivity index (χ0) is 16.0. The lowest BCUT2D eigenvalue weighted by Gasteiger charge is -2.11. The molecular weight excluding hydrogens is 307 g/mol. The van der Waals surface area contributed by atoms with E-state index in [9.17, 15) is 17.6 Å². The van der Waals surface area contributed by atoms with Gasteiger partial charge in [0.25, 0.3) is 0 Å². The Balaban J connectivity index is 1.56. The Morgan fingerprint density at radius 1 is 1.23 bits per heavy atom. The highest BCUT2D eigenvalue weighted by Crippen LogP contribution is 2.11. The molecule has 0 saturated carbocycles. The van der Waals surface area contributed by atoms with Crippen LogP contribution in [0.15, 0.2) is 24.3 Å². The first-order chi connectivity index (χ1) is 10.4. The van der Waals surface area contributed by atoms with Crippen molar-refractivity contribution in [2.75, 3.05) is 24.6 Å². The van der Waals surface area contributed by atoms with Crippen LogP contribution in [0.3, 0.4) is 0 Å². The third-order valence-corrected chi connectivity index (χ3v) is 5.40. The van der Waals surface area contributed by atoms with Crippen molar-refractivity contribution in [2.45, 2.75) is 25.3 Å². The minimum absolute atomic E-state index is 0.0523. The Morgan fingerprint density at radius 2 is 1.95 bits per heavy atom. The van der Waals surface area contributed by atoms with Crippen LogP contribution in [-0.4, -0.2) is 45.0 Å². The second-order valence-electron chi connectivity index (χ2n) is 5.54. The van der Waals surface area contributed by atoms with E-state index < -0.39 is 9.84 Å². The lowest BCUT2D eigenvalue weighted by atomic mass is 10.1. The third kappa shape index (κ3) is 5.73. The van der Waals surface area contributed by atoms with Crippen molar-refractivity contribution >= 4 is 15.7 Å². The summed E-state index contributed by atoms with van der Waals surface area (Å²) >= 11 is 0. The van der Waals surface area contributed by atoms with Gasteiger partial charge in [-0.3, -0.25) is 4.79 Å². The zero-order valence-electron chi connectivity index (χ0n) is 12.3. The van der Waals surface area contributed by atoms with Gasteiger partial charge in [-0.15, -0.1) is 0 Å². The van der Waals surface area contributed by atoms with Gasteiger partial charge < -0.3 is 10.6 Å². The maximum atomic E-state index is 12.7. The van der Waals surface area contributed by atoms with Crippen LogP contribution in [0.5, 0.6) is 0 Å².